The number of hydrogen-bond donors (Lipinski definition) is 1. The molecule has 0 bridgehead atoms. The number of carbonyl (C=O) groups excluding carboxylic acids is 1. The van der Waals surface area contributed by atoms with Crippen LogP contribution in [0.2, 0.25) is 0 Å². The van der Waals surface area contributed by atoms with Crippen molar-refractivity contribution in [2.45, 2.75) is 51.2 Å². The second kappa shape index (κ2) is 8.43. The molecule has 0 unspecified atom stereocenters. The minimum Gasteiger partial charge on any atom is -0.352 e. The molecule has 0 atom stereocenters. The Bertz CT molecular complexity index is 1130. The quantitative estimate of drug-likeness (QED) is 0.674. The SMILES string of the molecule is O=C(Cn1c(=O)c(=O)n(Cc2ccccc2)c2ncccc21)NC1CCCCC1. The van der Waals surface area contributed by atoms with Crippen LogP contribution in [0.1, 0.15) is 37.7 Å². The lowest BCUT2D eigenvalue weighted by molar-refractivity contribution is -0.122. The van der Waals surface area contributed by atoms with Gasteiger partial charge in [0.15, 0.2) is 5.65 Å². The molecule has 150 valence electrons. The zero-order valence-corrected chi connectivity index (χ0v) is 16.2. The van der Waals surface area contributed by atoms with Crippen LogP contribution < -0.4 is 16.4 Å². The van der Waals surface area contributed by atoms with Crippen LogP contribution in [0, 0.1) is 0 Å². The minimum absolute atomic E-state index is 0.148. The largest absolute Gasteiger partial charge is 0.352 e. The fourth-order valence-electron chi connectivity index (χ4n) is 3.98. The van der Waals surface area contributed by atoms with Crippen molar-refractivity contribution in [3.05, 3.63) is 74.9 Å². The lowest BCUT2D eigenvalue weighted by Gasteiger charge is -2.23. The molecular weight excluding hydrogens is 368 g/mol. The highest BCUT2D eigenvalue weighted by Crippen LogP contribution is 2.17. The van der Waals surface area contributed by atoms with Gasteiger partial charge in [-0.25, -0.2) is 4.98 Å². The highest BCUT2D eigenvalue weighted by Gasteiger charge is 2.19. The normalized spacial score (nSPS) is 14.8. The lowest BCUT2D eigenvalue weighted by Crippen LogP contribution is -2.45. The van der Waals surface area contributed by atoms with E-state index in [0.717, 1.165) is 31.2 Å². The van der Waals surface area contributed by atoms with Crippen molar-refractivity contribution in [1.29, 1.82) is 0 Å². The van der Waals surface area contributed by atoms with Crippen molar-refractivity contribution in [2.24, 2.45) is 0 Å². The molecule has 0 saturated heterocycles. The standard InChI is InChI=1S/C22H24N4O3/c27-19(24-17-10-5-2-6-11-17)15-25-18-12-7-13-23-20(18)26(22(29)21(25)28)14-16-8-3-1-4-9-16/h1,3-4,7-9,12-13,17H,2,5-6,10-11,14-15H2,(H,24,27). The van der Waals surface area contributed by atoms with E-state index in [-0.39, 0.29) is 25.0 Å². The molecule has 3 aromatic rings. The Morgan fingerprint density at radius 3 is 2.45 bits per heavy atom. The first-order chi connectivity index (χ1) is 14.1. The zero-order chi connectivity index (χ0) is 20.2. The highest BCUT2D eigenvalue weighted by atomic mass is 16.2. The van der Waals surface area contributed by atoms with Gasteiger partial charge in [0.25, 0.3) is 0 Å². The third-order valence-corrected chi connectivity index (χ3v) is 5.44. The Labute approximate surface area is 168 Å². The molecule has 4 rings (SSSR count). The van der Waals surface area contributed by atoms with Crippen LogP contribution in [-0.4, -0.2) is 26.1 Å². The topological polar surface area (TPSA) is 86.0 Å². The molecule has 1 fully saturated rings. The fourth-order valence-corrected chi connectivity index (χ4v) is 3.98. The second-order valence-corrected chi connectivity index (χ2v) is 7.52. The third-order valence-electron chi connectivity index (χ3n) is 5.44. The van der Waals surface area contributed by atoms with E-state index in [4.69, 9.17) is 0 Å². The number of fused-ring (bicyclic) bond motifs is 1. The number of amides is 1. The maximum atomic E-state index is 12.8. The minimum atomic E-state index is -0.708. The number of carbonyl (C=O) groups is 1. The lowest BCUT2D eigenvalue weighted by atomic mass is 9.95. The van der Waals surface area contributed by atoms with Gasteiger partial charge in [-0.05, 0) is 30.5 Å². The van der Waals surface area contributed by atoms with Gasteiger partial charge in [0.05, 0.1) is 12.1 Å². The molecular formula is C22H24N4O3. The summed E-state index contributed by atoms with van der Waals surface area (Å²) >= 11 is 0. The van der Waals surface area contributed by atoms with Crippen molar-refractivity contribution < 1.29 is 4.79 Å². The Hall–Kier alpha value is -3.22. The number of nitrogens with one attached hydrogen (secondary N) is 1. The van der Waals surface area contributed by atoms with E-state index < -0.39 is 11.1 Å². The van der Waals surface area contributed by atoms with E-state index in [1.54, 1.807) is 18.3 Å². The van der Waals surface area contributed by atoms with Crippen molar-refractivity contribution >= 4 is 17.1 Å². The summed E-state index contributed by atoms with van der Waals surface area (Å²) in [6.45, 7) is 0.0660. The van der Waals surface area contributed by atoms with Gasteiger partial charge in [-0.3, -0.25) is 23.5 Å². The van der Waals surface area contributed by atoms with E-state index >= 15 is 0 Å². The van der Waals surface area contributed by atoms with E-state index in [1.165, 1.54) is 15.6 Å². The average molecular weight is 392 g/mol. The number of rotatable bonds is 5. The molecule has 0 radical (unpaired) electrons. The Balaban J connectivity index is 1.69. The van der Waals surface area contributed by atoms with Gasteiger partial charge in [-0.2, -0.15) is 0 Å². The molecule has 2 heterocycles. The van der Waals surface area contributed by atoms with Crippen LogP contribution in [0.15, 0.2) is 58.3 Å². The molecule has 1 amide bonds. The van der Waals surface area contributed by atoms with Crippen molar-refractivity contribution in [3.8, 4) is 0 Å². The van der Waals surface area contributed by atoms with Gasteiger partial charge in [-0.15, -0.1) is 0 Å². The van der Waals surface area contributed by atoms with Gasteiger partial charge >= 0.3 is 11.1 Å². The van der Waals surface area contributed by atoms with Crippen molar-refractivity contribution in [3.63, 3.8) is 0 Å². The number of benzene rings is 1. The summed E-state index contributed by atoms with van der Waals surface area (Å²) in [5.41, 5.74) is 0.387. The van der Waals surface area contributed by atoms with Crippen LogP contribution in [0.3, 0.4) is 0 Å². The van der Waals surface area contributed by atoms with E-state index in [2.05, 4.69) is 10.3 Å². The van der Waals surface area contributed by atoms with Gasteiger partial charge in [0, 0.05) is 12.2 Å². The Morgan fingerprint density at radius 1 is 0.966 bits per heavy atom. The fraction of sp³-hybridized carbons (Fsp3) is 0.364. The first-order valence-corrected chi connectivity index (χ1v) is 10.0. The van der Waals surface area contributed by atoms with Crippen LogP contribution >= 0.6 is 0 Å². The molecule has 2 aromatic heterocycles. The van der Waals surface area contributed by atoms with E-state index in [9.17, 15) is 14.4 Å². The summed E-state index contributed by atoms with van der Waals surface area (Å²) in [4.78, 5) is 42.6. The molecule has 1 saturated carbocycles. The summed E-state index contributed by atoms with van der Waals surface area (Å²) in [6, 6.07) is 13.0. The van der Waals surface area contributed by atoms with Crippen LogP contribution in [0.4, 0.5) is 0 Å². The zero-order valence-electron chi connectivity index (χ0n) is 16.2. The van der Waals surface area contributed by atoms with Crippen molar-refractivity contribution in [2.75, 3.05) is 0 Å². The summed E-state index contributed by atoms with van der Waals surface area (Å²) in [7, 11) is 0. The molecule has 0 spiro atoms. The van der Waals surface area contributed by atoms with Crippen molar-refractivity contribution in [1.82, 2.24) is 19.4 Å². The highest BCUT2D eigenvalue weighted by molar-refractivity contribution is 5.79. The Kier molecular flexibility index (Phi) is 5.55. The number of nitrogens with zero attached hydrogens (tertiary/aromatic N) is 3. The monoisotopic (exact) mass is 392 g/mol. The maximum Gasteiger partial charge on any atom is 0.318 e. The first kappa shape index (κ1) is 19.1. The number of pyridine rings is 1. The predicted molar refractivity (Wildman–Crippen MR) is 111 cm³/mol. The summed E-state index contributed by atoms with van der Waals surface area (Å²) in [6.07, 6.45) is 6.91. The Morgan fingerprint density at radius 2 is 1.69 bits per heavy atom. The molecule has 1 aromatic carbocycles. The van der Waals surface area contributed by atoms with Gasteiger partial charge < -0.3 is 5.32 Å². The molecule has 29 heavy (non-hydrogen) atoms. The first-order valence-electron chi connectivity index (χ1n) is 10.0. The maximum absolute atomic E-state index is 12.8. The molecule has 1 N–H and O–H groups in total. The molecule has 1 aliphatic carbocycles. The predicted octanol–water partition coefficient (Wildman–Crippen LogP) is 2.06. The number of hydrogen-bond acceptors (Lipinski definition) is 4. The van der Waals surface area contributed by atoms with Gasteiger partial charge in [-0.1, -0.05) is 49.6 Å². The third kappa shape index (κ3) is 4.13. The smallest absolute Gasteiger partial charge is 0.318 e. The molecule has 7 heteroatoms. The molecule has 1 aliphatic rings. The van der Waals surface area contributed by atoms with Crippen LogP contribution in [-0.2, 0) is 17.9 Å². The molecule has 0 aliphatic heterocycles. The summed E-state index contributed by atoms with van der Waals surface area (Å²) in [5, 5.41) is 3.01. The summed E-state index contributed by atoms with van der Waals surface area (Å²) < 4.78 is 2.62. The van der Waals surface area contributed by atoms with E-state index in [1.807, 2.05) is 30.3 Å². The average Bonchev–Trinajstić information content (AvgIpc) is 2.76. The van der Waals surface area contributed by atoms with Gasteiger partial charge in [0.1, 0.15) is 6.54 Å². The van der Waals surface area contributed by atoms with E-state index in [0.29, 0.717) is 11.2 Å². The second-order valence-electron chi connectivity index (χ2n) is 7.52. The number of aromatic nitrogens is 3. The van der Waals surface area contributed by atoms with Crippen LogP contribution in [0.5, 0.6) is 0 Å². The van der Waals surface area contributed by atoms with Crippen LogP contribution in [0.25, 0.3) is 11.2 Å². The van der Waals surface area contributed by atoms with Gasteiger partial charge in [0.2, 0.25) is 5.91 Å². The summed E-state index contributed by atoms with van der Waals surface area (Å²) in [5.74, 6) is -0.246. The molecule has 7 nitrogen and oxygen atoms in total.